The minimum absolute atomic E-state index is 0.199. The molecule has 36 heavy (non-hydrogen) atoms. The third-order valence-corrected chi connectivity index (χ3v) is 6.77. The van der Waals surface area contributed by atoms with E-state index in [0.717, 1.165) is 27.4 Å². The Morgan fingerprint density at radius 3 is 2.28 bits per heavy atom. The van der Waals surface area contributed by atoms with Crippen LogP contribution in [0.5, 0.6) is 17.2 Å². The van der Waals surface area contributed by atoms with Crippen LogP contribution in [0.3, 0.4) is 0 Å². The van der Waals surface area contributed by atoms with Crippen LogP contribution in [0.4, 0.5) is 0 Å². The number of benzene rings is 3. The molecule has 0 spiro atoms. The second kappa shape index (κ2) is 10.6. The molecule has 1 amide bonds. The average Bonchev–Trinajstić information content (AvgIpc) is 3.17. The highest BCUT2D eigenvalue weighted by molar-refractivity contribution is 8.26. The summed E-state index contributed by atoms with van der Waals surface area (Å²) in [5.41, 5.74) is 0.775. The molecule has 0 bridgehead atoms. The predicted octanol–water partition coefficient (Wildman–Crippen LogP) is 5.36. The van der Waals surface area contributed by atoms with Crippen molar-refractivity contribution < 1.29 is 23.8 Å². The normalized spacial score (nSPS) is 14.8. The van der Waals surface area contributed by atoms with E-state index in [-0.39, 0.29) is 9.89 Å². The van der Waals surface area contributed by atoms with Crippen LogP contribution in [-0.2, 0) is 4.79 Å². The minimum Gasteiger partial charge on any atom is -0.493 e. The third kappa shape index (κ3) is 4.82. The van der Waals surface area contributed by atoms with E-state index in [1.165, 1.54) is 27.5 Å². The molecule has 1 aliphatic heterocycles. The third-order valence-electron chi connectivity index (χ3n) is 5.44. The van der Waals surface area contributed by atoms with Gasteiger partial charge in [0, 0.05) is 11.8 Å². The molecule has 0 radical (unpaired) electrons. The van der Waals surface area contributed by atoms with E-state index < -0.39 is 11.7 Å². The number of nitrogens with zero attached hydrogens (tertiary/aromatic N) is 2. The van der Waals surface area contributed by atoms with E-state index in [9.17, 15) is 14.9 Å². The van der Waals surface area contributed by atoms with Gasteiger partial charge in [-0.2, -0.15) is 5.26 Å². The van der Waals surface area contributed by atoms with Crippen molar-refractivity contribution in [3.8, 4) is 23.3 Å². The number of methoxy groups -OCH3 is 3. The molecule has 4 rings (SSSR count). The van der Waals surface area contributed by atoms with Crippen LogP contribution in [0.1, 0.15) is 15.9 Å². The van der Waals surface area contributed by atoms with Gasteiger partial charge in [-0.25, -0.2) is 0 Å². The number of fused-ring (bicyclic) bond motifs is 1. The van der Waals surface area contributed by atoms with Gasteiger partial charge in [0.05, 0.1) is 26.2 Å². The number of carbonyl (C=O) groups is 2. The maximum absolute atomic E-state index is 13.1. The van der Waals surface area contributed by atoms with E-state index in [1.807, 2.05) is 36.4 Å². The minimum atomic E-state index is -0.495. The van der Waals surface area contributed by atoms with E-state index in [1.54, 1.807) is 30.3 Å². The fourth-order valence-electron chi connectivity index (χ4n) is 3.68. The molecule has 1 fully saturated rings. The monoisotopic (exact) mass is 516 g/mol. The summed E-state index contributed by atoms with van der Waals surface area (Å²) >= 11 is 6.44. The first-order chi connectivity index (χ1) is 17.4. The molecule has 1 heterocycles. The first kappa shape index (κ1) is 25.0. The number of ether oxygens (including phenoxy) is 3. The lowest BCUT2D eigenvalue weighted by molar-refractivity contribution is -0.120. The van der Waals surface area contributed by atoms with Crippen LogP contribution in [0.25, 0.3) is 16.8 Å². The van der Waals surface area contributed by atoms with E-state index in [4.69, 9.17) is 26.4 Å². The molecule has 0 aromatic heterocycles. The van der Waals surface area contributed by atoms with Crippen LogP contribution in [-0.4, -0.2) is 42.2 Å². The first-order valence-corrected chi connectivity index (χ1v) is 11.8. The topological polar surface area (TPSA) is 88.9 Å². The largest absolute Gasteiger partial charge is 0.493 e. The van der Waals surface area contributed by atoms with Crippen molar-refractivity contribution in [3.05, 3.63) is 82.4 Å². The number of hydrogen-bond donors (Lipinski definition) is 0. The smallest absolute Gasteiger partial charge is 0.270 e. The second-order valence-corrected chi connectivity index (χ2v) is 9.23. The Morgan fingerprint density at radius 2 is 1.67 bits per heavy atom. The highest BCUT2D eigenvalue weighted by Gasteiger charge is 2.32. The number of thioether (sulfide) groups is 1. The SMILES string of the molecule is COc1cc(/C=C2/SC(=S)N(/C=C(\C#N)C(=O)c3ccc4ccccc4c3)C2=O)cc(OC)c1OC. The Kier molecular flexibility index (Phi) is 7.38. The highest BCUT2D eigenvalue weighted by Crippen LogP contribution is 2.40. The number of hydrogen-bond acceptors (Lipinski definition) is 8. The van der Waals surface area contributed by atoms with Crippen molar-refractivity contribution in [1.82, 2.24) is 4.90 Å². The summed E-state index contributed by atoms with van der Waals surface area (Å²) in [5.74, 6) is 0.361. The Morgan fingerprint density at radius 1 is 1.00 bits per heavy atom. The molecular weight excluding hydrogens is 496 g/mol. The lowest BCUT2D eigenvalue weighted by Gasteiger charge is -2.13. The summed E-state index contributed by atoms with van der Waals surface area (Å²) < 4.78 is 16.3. The van der Waals surface area contributed by atoms with E-state index in [0.29, 0.717) is 33.3 Å². The number of Topliss-reactive ketones (excluding diaryl/α,β-unsaturated/α-hetero) is 1. The lowest BCUT2D eigenvalue weighted by atomic mass is 10.0. The van der Waals surface area contributed by atoms with Crippen molar-refractivity contribution in [1.29, 1.82) is 5.26 Å². The number of thiocarbonyl (C=S) groups is 1. The molecule has 3 aromatic rings. The molecule has 0 aliphatic carbocycles. The number of amides is 1. The van der Waals surface area contributed by atoms with Crippen LogP contribution in [0.15, 0.2) is 71.3 Å². The number of ketones is 1. The standard InChI is InChI=1S/C27H20N2O5S2/c1-32-21-10-16(11-22(33-2)25(21)34-3)12-23-26(31)29(27(35)36-23)15-20(14-28)24(30)19-9-8-17-6-4-5-7-18(17)13-19/h4-13,15H,1-3H3/b20-15+,23-12+. The lowest BCUT2D eigenvalue weighted by Crippen LogP contribution is -2.23. The number of allylic oxidation sites excluding steroid dienone is 1. The van der Waals surface area contributed by atoms with Crippen molar-refractivity contribution in [2.75, 3.05) is 21.3 Å². The fraction of sp³-hybridized carbons (Fsp3) is 0.111. The summed E-state index contributed by atoms with van der Waals surface area (Å²) in [4.78, 5) is 27.7. The molecule has 180 valence electrons. The summed E-state index contributed by atoms with van der Waals surface area (Å²) in [7, 11) is 4.51. The number of rotatable bonds is 7. The van der Waals surface area contributed by atoms with Gasteiger partial charge >= 0.3 is 0 Å². The summed E-state index contributed by atoms with van der Waals surface area (Å²) in [5, 5.41) is 11.5. The van der Waals surface area contributed by atoms with E-state index in [2.05, 4.69) is 0 Å². The Hall–Kier alpha value is -4.13. The van der Waals surface area contributed by atoms with Crippen molar-refractivity contribution >= 4 is 56.8 Å². The zero-order valence-electron chi connectivity index (χ0n) is 19.6. The van der Waals surface area contributed by atoms with Crippen LogP contribution >= 0.6 is 24.0 Å². The molecule has 1 aliphatic rings. The van der Waals surface area contributed by atoms with Crippen LogP contribution in [0.2, 0.25) is 0 Å². The van der Waals surface area contributed by atoms with Crippen LogP contribution in [0, 0.1) is 11.3 Å². The van der Waals surface area contributed by atoms with Gasteiger partial charge in [-0.05, 0) is 40.6 Å². The fourth-order valence-corrected chi connectivity index (χ4v) is 4.89. The molecule has 7 nitrogen and oxygen atoms in total. The van der Waals surface area contributed by atoms with Gasteiger partial charge in [0.25, 0.3) is 5.91 Å². The van der Waals surface area contributed by atoms with E-state index >= 15 is 0 Å². The molecule has 1 saturated heterocycles. The summed E-state index contributed by atoms with van der Waals surface area (Å²) in [6.45, 7) is 0. The second-order valence-electron chi connectivity index (χ2n) is 7.56. The van der Waals surface area contributed by atoms with Gasteiger partial charge in [0.15, 0.2) is 15.8 Å². The van der Waals surface area contributed by atoms with Crippen LogP contribution < -0.4 is 14.2 Å². The van der Waals surface area contributed by atoms with Crippen molar-refractivity contribution in [2.45, 2.75) is 0 Å². The molecular formula is C27H20N2O5S2. The Bertz CT molecular complexity index is 1480. The van der Waals surface area contributed by atoms with Gasteiger partial charge in [0.1, 0.15) is 11.6 Å². The average molecular weight is 517 g/mol. The quantitative estimate of drug-likeness (QED) is 0.180. The maximum Gasteiger partial charge on any atom is 0.270 e. The first-order valence-electron chi connectivity index (χ1n) is 10.6. The zero-order valence-corrected chi connectivity index (χ0v) is 21.2. The summed E-state index contributed by atoms with van der Waals surface area (Å²) in [6, 6.07) is 18.1. The van der Waals surface area contributed by atoms with Gasteiger partial charge in [-0.3, -0.25) is 14.5 Å². The Labute approximate surface area is 217 Å². The summed E-state index contributed by atoms with van der Waals surface area (Å²) in [6.07, 6.45) is 2.83. The number of nitriles is 1. The molecule has 9 heteroatoms. The maximum atomic E-state index is 13.1. The van der Waals surface area contributed by atoms with Gasteiger partial charge in [0.2, 0.25) is 11.5 Å². The predicted molar refractivity (Wildman–Crippen MR) is 143 cm³/mol. The molecule has 3 aromatic carbocycles. The van der Waals surface area contributed by atoms with Gasteiger partial charge in [-0.1, -0.05) is 60.4 Å². The zero-order chi connectivity index (χ0) is 25.8. The Balaban J connectivity index is 1.64. The van der Waals surface area contributed by atoms with Gasteiger partial charge < -0.3 is 14.2 Å². The highest BCUT2D eigenvalue weighted by atomic mass is 32.2. The number of carbonyl (C=O) groups excluding carboxylic acids is 2. The van der Waals surface area contributed by atoms with Crippen molar-refractivity contribution in [3.63, 3.8) is 0 Å². The molecule has 0 saturated carbocycles. The molecule has 0 N–H and O–H groups in total. The molecule has 0 atom stereocenters. The van der Waals surface area contributed by atoms with Crippen molar-refractivity contribution in [2.24, 2.45) is 0 Å². The molecule has 0 unspecified atom stereocenters. The van der Waals surface area contributed by atoms with Gasteiger partial charge in [-0.15, -0.1) is 0 Å².